The summed E-state index contributed by atoms with van der Waals surface area (Å²) in [4.78, 5) is 0. The highest BCUT2D eigenvalue weighted by molar-refractivity contribution is 7.26. The molecular weight excluding hydrogens is 653 g/mol. The first kappa shape index (κ1) is 28.1. The number of hydrogen-bond acceptors (Lipinski definition) is 2. The summed E-state index contributed by atoms with van der Waals surface area (Å²) >= 11 is 1.90. The lowest BCUT2D eigenvalue weighted by Crippen LogP contribution is -1.94. The number of rotatable bonds is 3. The number of benzene rings is 8. The van der Waals surface area contributed by atoms with E-state index < -0.39 is 0 Å². The summed E-state index contributed by atoms with van der Waals surface area (Å²) in [5.41, 5.74) is 11.2. The van der Waals surface area contributed by atoms with Gasteiger partial charge >= 0.3 is 0 Å². The van der Waals surface area contributed by atoms with Crippen molar-refractivity contribution in [2.75, 3.05) is 0 Å². The van der Waals surface area contributed by atoms with Crippen LogP contribution in [0.1, 0.15) is 0 Å². The minimum absolute atomic E-state index is 0.908. The Kier molecular flexibility index (Phi) is 5.65. The van der Waals surface area contributed by atoms with Crippen molar-refractivity contribution in [3.8, 4) is 22.5 Å². The topological polar surface area (TPSA) is 23.0 Å². The molecule has 0 unspecified atom stereocenters. The third-order valence-corrected chi connectivity index (χ3v) is 12.1. The first-order valence-electron chi connectivity index (χ1n) is 17.7. The van der Waals surface area contributed by atoms with Crippen molar-refractivity contribution in [3.63, 3.8) is 0 Å². The third-order valence-electron chi connectivity index (χ3n) is 10.9. The Morgan fingerprint density at radius 2 is 1.04 bits per heavy atom. The molecule has 12 aromatic rings. The molecule has 0 atom stereocenters. The van der Waals surface area contributed by atoms with Gasteiger partial charge in [0.05, 0.1) is 22.1 Å². The number of fused-ring (bicyclic) bond motifs is 14. The predicted molar refractivity (Wildman–Crippen MR) is 221 cm³/mol. The summed E-state index contributed by atoms with van der Waals surface area (Å²) in [5.74, 6) is 0. The smallest absolute Gasteiger partial charge is 0.160 e. The first-order chi connectivity index (χ1) is 25.8. The van der Waals surface area contributed by atoms with Crippen LogP contribution in [0, 0.1) is 0 Å². The summed E-state index contributed by atoms with van der Waals surface area (Å²) in [6.45, 7) is 0. The molecule has 0 spiro atoms. The zero-order valence-electron chi connectivity index (χ0n) is 27.9. The van der Waals surface area contributed by atoms with E-state index in [0.29, 0.717) is 0 Å². The lowest BCUT2D eigenvalue weighted by molar-refractivity contribution is 0.671. The van der Waals surface area contributed by atoms with Gasteiger partial charge in [-0.1, -0.05) is 103 Å². The van der Waals surface area contributed by atoms with E-state index in [1.807, 2.05) is 17.4 Å². The van der Waals surface area contributed by atoms with Crippen molar-refractivity contribution in [2.45, 2.75) is 0 Å². The number of aromatic nitrogens is 2. The van der Waals surface area contributed by atoms with Crippen LogP contribution in [0.4, 0.5) is 0 Å². The monoisotopic (exact) mass is 680 g/mol. The molecule has 4 aromatic heterocycles. The van der Waals surface area contributed by atoms with E-state index in [1.165, 1.54) is 63.9 Å². The van der Waals surface area contributed by atoms with Gasteiger partial charge in [-0.05, 0) is 77.9 Å². The van der Waals surface area contributed by atoms with Crippen LogP contribution in [0.2, 0.25) is 0 Å². The highest BCUT2D eigenvalue weighted by Gasteiger charge is 2.21. The maximum atomic E-state index is 6.63. The van der Waals surface area contributed by atoms with Crippen molar-refractivity contribution in [3.05, 3.63) is 170 Å². The van der Waals surface area contributed by atoms with Gasteiger partial charge in [-0.15, -0.1) is 11.3 Å². The molecule has 4 heterocycles. The van der Waals surface area contributed by atoms with Gasteiger partial charge in [0.2, 0.25) is 0 Å². The van der Waals surface area contributed by atoms with E-state index in [-0.39, 0.29) is 0 Å². The fraction of sp³-hybridized carbons (Fsp3) is 0. The van der Waals surface area contributed by atoms with E-state index in [0.717, 1.165) is 44.3 Å². The molecule has 0 saturated carbocycles. The molecule has 4 heteroatoms. The van der Waals surface area contributed by atoms with E-state index in [1.54, 1.807) is 0 Å². The van der Waals surface area contributed by atoms with Crippen molar-refractivity contribution in [2.24, 2.45) is 0 Å². The Bertz CT molecular complexity index is 3400. The van der Waals surface area contributed by atoms with Crippen molar-refractivity contribution in [1.29, 1.82) is 0 Å². The van der Waals surface area contributed by atoms with Gasteiger partial charge in [0, 0.05) is 63.9 Å². The van der Waals surface area contributed by atoms with Crippen molar-refractivity contribution >= 4 is 97.1 Å². The first-order valence-corrected chi connectivity index (χ1v) is 18.5. The van der Waals surface area contributed by atoms with E-state index in [2.05, 4.69) is 173 Å². The zero-order chi connectivity index (χ0) is 33.9. The van der Waals surface area contributed by atoms with E-state index in [9.17, 15) is 0 Å². The molecule has 0 saturated heterocycles. The van der Waals surface area contributed by atoms with Crippen LogP contribution in [-0.2, 0) is 0 Å². The highest BCUT2D eigenvalue weighted by Crippen LogP contribution is 2.45. The van der Waals surface area contributed by atoms with Crippen LogP contribution in [0.25, 0.3) is 108 Å². The lowest BCUT2D eigenvalue weighted by Gasteiger charge is -2.10. The highest BCUT2D eigenvalue weighted by atomic mass is 32.1. The van der Waals surface area contributed by atoms with Crippen LogP contribution in [0.3, 0.4) is 0 Å². The molecule has 0 amide bonds. The van der Waals surface area contributed by atoms with Gasteiger partial charge in [0.25, 0.3) is 0 Å². The Morgan fingerprint density at radius 3 is 1.88 bits per heavy atom. The number of para-hydroxylation sites is 3. The van der Waals surface area contributed by atoms with E-state index >= 15 is 0 Å². The standard InChI is InChI=1S/C48H28N2OS/c1-3-11-31(12-4-1)49-41-26-24-37-34-16-8-10-18-44(34)52-48(37)45(41)38-21-19-30(28-42(38)49)29-20-25-40-39(27-29)35-22-23-36-33-15-7-9-17-43(33)51-47(36)46(35)50(40)32-13-5-2-6-14-32/h1-28H. The maximum Gasteiger partial charge on any atom is 0.160 e. The largest absolute Gasteiger partial charge is 0.454 e. The number of nitrogens with zero attached hydrogens (tertiary/aromatic N) is 2. The van der Waals surface area contributed by atoms with Gasteiger partial charge in [0.1, 0.15) is 5.58 Å². The lowest BCUT2D eigenvalue weighted by atomic mass is 10.0. The predicted octanol–water partition coefficient (Wildman–Crippen LogP) is 13.8. The van der Waals surface area contributed by atoms with Crippen molar-refractivity contribution in [1.82, 2.24) is 9.13 Å². The van der Waals surface area contributed by atoms with Crippen LogP contribution >= 0.6 is 11.3 Å². The molecule has 242 valence electrons. The molecule has 8 aromatic carbocycles. The summed E-state index contributed by atoms with van der Waals surface area (Å²) in [6.07, 6.45) is 0. The average molecular weight is 681 g/mol. The Balaban J connectivity index is 1.14. The second-order valence-corrected chi connectivity index (χ2v) is 14.7. The average Bonchev–Trinajstić information content (AvgIpc) is 3.95. The zero-order valence-corrected chi connectivity index (χ0v) is 28.7. The second kappa shape index (κ2) is 10.5. The molecule has 0 N–H and O–H groups in total. The third kappa shape index (κ3) is 3.79. The summed E-state index contributed by atoms with van der Waals surface area (Å²) in [6, 6.07) is 61.6. The second-order valence-electron chi connectivity index (χ2n) is 13.7. The molecule has 0 aliphatic rings. The van der Waals surface area contributed by atoms with Crippen LogP contribution in [-0.4, -0.2) is 9.13 Å². The normalized spacial score (nSPS) is 12.2. The van der Waals surface area contributed by atoms with E-state index in [4.69, 9.17) is 4.42 Å². The summed E-state index contributed by atoms with van der Waals surface area (Å²) in [7, 11) is 0. The summed E-state index contributed by atoms with van der Waals surface area (Å²) < 4.78 is 14.1. The van der Waals surface area contributed by atoms with Crippen LogP contribution in [0.5, 0.6) is 0 Å². The van der Waals surface area contributed by atoms with Gasteiger partial charge in [0.15, 0.2) is 5.58 Å². The Labute approximate surface area is 301 Å². The van der Waals surface area contributed by atoms with Gasteiger partial charge in [-0.25, -0.2) is 0 Å². The molecule has 52 heavy (non-hydrogen) atoms. The Morgan fingerprint density at radius 1 is 0.404 bits per heavy atom. The van der Waals surface area contributed by atoms with Gasteiger partial charge < -0.3 is 13.6 Å². The number of furan rings is 1. The maximum absolute atomic E-state index is 6.63. The molecule has 12 rings (SSSR count). The number of hydrogen-bond donors (Lipinski definition) is 0. The quantitative estimate of drug-likeness (QED) is 0.182. The van der Waals surface area contributed by atoms with Crippen LogP contribution in [0.15, 0.2) is 174 Å². The summed E-state index contributed by atoms with van der Waals surface area (Å²) in [5, 5.41) is 9.89. The molecule has 0 bridgehead atoms. The van der Waals surface area contributed by atoms with Crippen LogP contribution < -0.4 is 0 Å². The fourth-order valence-corrected chi connectivity index (χ4v) is 9.88. The molecular formula is C48H28N2OS. The molecule has 0 radical (unpaired) electrons. The van der Waals surface area contributed by atoms with Gasteiger partial charge in [-0.2, -0.15) is 0 Å². The minimum Gasteiger partial charge on any atom is -0.454 e. The SMILES string of the molecule is c1ccc(-n2c3cc(-c4ccc5c(c4)c4ccc6c7ccccc7oc6c4n5-c4ccccc4)ccc3c3c4sc5ccccc5c4ccc32)cc1. The number of thiophene rings is 1. The Hall–Kier alpha value is -6.62. The fourth-order valence-electron chi connectivity index (χ4n) is 8.62. The van der Waals surface area contributed by atoms with Gasteiger partial charge in [-0.3, -0.25) is 0 Å². The molecule has 3 nitrogen and oxygen atoms in total. The minimum atomic E-state index is 0.908. The molecule has 0 aliphatic heterocycles. The van der Waals surface area contributed by atoms with Crippen molar-refractivity contribution < 1.29 is 4.42 Å². The molecule has 0 fully saturated rings. The molecule has 0 aliphatic carbocycles.